The van der Waals surface area contributed by atoms with Gasteiger partial charge in [0.1, 0.15) is 0 Å². The normalized spacial score (nSPS) is 12.0. The molecule has 0 saturated carbocycles. The third-order valence-electron chi connectivity index (χ3n) is 11.5. The first-order chi connectivity index (χ1) is 27.7. The second-order valence-corrected chi connectivity index (χ2v) is 14.7. The molecule has 0 aliphatic carbocycles. The van der Waals surface area contributed by atoms with E-state index in [2.05, 4.69) is 230 Å². The molecule has 0 amide bonds. The summed E-state index contributed by atoms with van der Waals surface area (Å²) >= 11 is 0. The van der Waals surface area contributed by atoms with E-state index in [1.165, 1.54) is 76.7 Å². The van der Waals surface area contributed by atoms with Gasteiger partial charge in [-0.2, -0.15) is 0 Å². The molecule has 0 saturated heterocycles. The summed E-state index contributed by atoms with van der Waals surface area (Å²) in [4.78, 5) is 2.37. The quantitative estimate of drug-likeness (QED) is 0.112. The lowest BCUT2D eigenvalue weighted by atomic mass is 9.85. The van der Waals surface area contributed by atoms with Crippen molar-refractivity contribution in [3.05, 3.63) is 207 Å². The lowest BCUT2D eigenvalue weighted by Crippen LogP contribution is -2.10. The predicted octanol–water partition coefficient (Wildman–Crippen LogP) is 15.4. The minimum atomic E-state index is 0.281. The molecule has 10 rings (SSSR count). The molecule has 266 valence electrons. The molecule has 10 aromatic rings. The SMILES string of the molecule is C[CH+]C(C)n1c2ccccc2c2cc(N(c3ccccc3)c3ccc(-c4ccc5c(-c6ccccc6)c6ccccc6c(-c6ccccc6)c5c4)cc3)ccc21. The molecule has 1 atom stereocenters. The molecular formula is C54H41N2+. The Labute approximate surface area is 328 Å². The van der Waals surface area contributed by atoms with Crippen LogP contribution in [0.1, 0.15) is 19.9 Å². The Hall–Kier alpha value is -7.03. The Balaban J connectivity index is 1.12. The van der Waals surface area contributed by atoms with Crippen molar-refractivity contribution >= 4 is 60.4 Å². The number of rotatable bonds is 8. The second kappa shape index (κ2) is 14.0. The summed E-state index contributed by atoms with van der Waals surface area (Å²) in [6, 6.07) is 73.3. The Morgan fingerprint density at radius 2 is 0.857 bits per heavy atom. The average Bonchev–Trinajstić information content (AvgIpc) is 3.60. The largest absolute Gasteiger partial charge is 0.310 e. The van der Waals surface area contributed by atoms with Crippen LogP contribution in [-0.4, -0.2) is 4.57 Å². The number of para-hydroxylation sites is 2. The Bertz CT molecular complexity index is 3000. The second-order valence-electron chi connectivity index (χ2n) is 14.7. The van der Waals surface area contributed by atoms with Gasteiger partial charge in [-0.3, -0.25) is 4.57 Å². The predicted molar refractivity (Wildman–Crippen MR) is 240 cm³/mol. The third kappa shape index (κ3) is 5.61. The zero-order chi connectivity index (χ0) is 37.6. The standard InChI is InChI=1S/C54H41N2/c1-3-37(2)55-51-26-16-15-23-45(51)49-36-44(32-34-52(49)55)56(42-21-11-6-12-22-42)43-30-27-38(28-31-43)41-29-33-48-50(35-41)54(40-19-9-5-10-20-40)47-25-14-13-24-46(47)53(48)39-17-7-4-8-18-39/h3-37H,1-2H3/q+1. The van der Waals surface area contributed by atoms with Crippen LogP contribution < -0.4 is 4.90 Å². The fourth-order valence-electron chi connectivity index (χ4n) is 8.73. The number of hydrogen-bond acceptors (Lipinski definition) is 1. The molecule has 1 unspecified atom stereocenters. The maximum absolute atomic E-state index is 2.45. The van der Waals surface area contributed by atoms with Gasteiger partial charge in [-0.15, -0.1) is 0 Å². The number of aromatic nitrogens is 1. The molecule has 56 heavy (non-hydrogen) atoms. The first kappa shape index (κ1) is 33.5. The molecule has 0 spiro atoms. The van der Waals surface area contributed by atoms with Crippen LogP contribution in [-0.2, 0) is 0 Å². The van der Waals surface area contributed by atoms with E-state index in [1.54, 1.807) is 0 Å². The minimum absolute atomic E-state index is 0.281. The Morgan fingerprint density at radius 1 is 0.375 bits per heavy atom. The fraction of sp³-hybridized carbons (Fsp3) is 0.0556. The molecule has 0 fully saturated rings. The summed E-state index contributed by atoms with van der Waals surface area (Å²) in [5, 5.41) is 7.58. The smallest absolute Gasteiger partial charge is 0.171 e. The van der Waals surface area contributed by atoms with Crippen LogP contribution in [0.5, 0.6) is 0 Å². The van der Waals surface area contributed by atoms with E-state index >= 15 is 0 Å². The van der Waals surface area contributed by atoms with Gasteiger partial charge in [-0.05, 0) is 116 Å². The highest BCUT2D eigenvalue weighted by Crippen LogP contribution is 2.45. The van der Waals surface area contributed by atoms with E-state index in [9.17, 15) is 0 Å². The summed E-state index contributed by atoms with van der Waals surface area (Å²) in [5.74, 6) is 0. The van der Waals surface area contributed by atoms with Gasteiger partial charge in [0.15, 0.2) is 6.04 Å². The fourth-order valence-corrected chi connectivity index (χ4v) is 8.73. The van der Waals surface area contributed by atoms with Crippen molar-refractivity contribution in [2.45, 2.75) is 19.9 Å². The van der Waals surface area contributed by atoms with E-state index in [1.807, 2.05) is 0 Å². The number of anilines is 3. The van der Waals surface area contributed by atoms with Crippen LogP contribution >= 0.6 is 0 Å². The molecule has 1 heterocycles. The van der Waals surface area contributed by atoms with E-state index in [4.69, 9.17) is 0 Å². The van der Waals surface area contributed by atoms with Crippen LogP contribution in [0.2, 0.25) is 0 Å². The van der Waals surface area contributed by atoms with Crippen LogP contribution in [0, 0.1) is 6.42 Å². The molecule has 0 N–H and O–H groups in total. The minimum Gasteiger partial charge on any atom is -0.310 e. The molecular weight excluding hydrogens is 677 g/mol. The summed E-state index contributed by atoms with van der Waals surface area (Å²) in [6.07, 6.45) is 2.26. The summed E-state index contributed by atoms with van der Waals surface area (Å²) < 4.78 is 2.45. The first-order valence-electron chi connectivity index (χ1n) is 19.5. The van der Waals surface area contributed by atoms with Gasteiger partial charge in [0.05, 0.1) is 24.4 Å². The Kier molecular flexibility index (Phi) is 8.38. The molecule has 0 bridgehead atoms. The maximum atomic E-state index is 2.45. The Morgan fingerprint density at radius 3 is 1.50 bits per heavy atom. The zero-order valence-electron chi connectivity index (χ0n) is 31.6. The van der Waals surface area contributed by atoms with Crippen molar-refractivity contribution < 1.29 is 0 Å². The molecule has 2 heteroatoms. The number of benzene rings is 9. The van der Waals surface area contributed by atoms with Crippen LogP contribution in [0.3, 0.4) is 0 Å². The molecule has 0 aliphatic rings. The van der Waals surface area contributed by atoms with E-state index in [-0.39, 0.29) is 6.04 Å². The van der Waals surface area contributed by atoms with Crippen LogP contribution in [0.15, 0.2) is 200 Å². The van der Waals surface area contributed by atoms with Crippen molar-refractivity contribution in [2.24, 2.45) is 0 Å². The van der Waals surface area contributed by atoms with Gasteiger partial charge >= 0.3 is 0 Å². The van der Waals surface area contributed by atoms with E-state index in [0.717, 1.165) is 17.1 Å². The van der Waals surface area contributed by atoms with Gasteiger partial charge < -0.3 is 4.90 Å². The molecule has 9 aromatic carbocycles. The number of hydrogen-bond donors (Lipinski definition) is 0. The third-order valence-corrected chi connectivity index (χ3v) is 11.5. The van der Waals surface area contributed by atoms with Crippen LogP contribution in [0.25, 0.3) is 76.7 Å². The highest BCUT2D eigenvalue weighted by Gasteiger charge is 2.21. The molecule has 0 radical (unpaired) electrons. The monoisotopic (exact) mass is 717 g/mol. The van der Waals surface area contributed by atoms with Crippen molar-refractivity contribution in [3.8, 4) is 33.4 Å². The molecule has 1 aromatic heterocycles. The van der Waals surface area contributed by atoms with Gasteiger partial charge in [-0.25, -0.2) is 0 Å². The lowest BCUT2D eigenvalue weighted by Gasteiger charge is -2.26. The summed E-state index contributed by atoms with van der Waals surface area (Å²) in [7, 11) is 0. The van der Waals surface area contributed by atoms with Gasteiger partial charge in [0, 0.05) is 27.8 Å². The summed E-state index contributed by atoms with van der Waals surface area (Å²) in [6.45, 7) is 4.41. The van der Waals surface area contributed by atoms with Crippen molar-refractivity contribution in [2.75, 3.05) is 4.90 Å². The van der Waals surface area contributed by atoms with Gasteiger partial charge in [0.2, 0.25) is 0 Å². The van der Waals surface area contributed by atoms with Crippen molar-refractivity contribution in [1.82, 2.24) is 4.57 Å². The topological polar surface area (TPSA) is 8.17 Å². The first-order valence-corrected chi connectivity index (χ1v) is 19.5. The van der Waals surface area contributed by atoms with E-state index in [0.29, 0.717) is 0 Å². The number of nitrogens with zero attached hydrogens (tertiary/aromatic N) is 2. The average molecular weight is 718 g/mol. The highest BCUT2D eigenvalue weighted by atomic mass is 15.1. The lowest BCUT2D eigenvalue weighted by molar-refractivity contribution is 0.663. The maximum Gasteiger partial charge on any atom is 0.171 e. The number of fused-ring (bicyclic) bond motifs is 5. The van der Waals surface area contributed by atoms with Gasteiger partial charge in [-0.1, -0.05) is 146 Å². The van der Waals surface area contributed by atoms with Crippen LogP contribution in [0.4, 0.5) is 17.1 Å². The zero-order valence-corrected chi connectivity index (χ0v) is 31.6. The molecule has 2 nitrogen and oxygen atoms in total. The van der Waals surface area contributed by atoms with Crippen molar-refractivity contribution in [1.29, 1.82) is 0 Å². The van der Waals surface area contributed by atoms with E-state index < -0.39 is 0 Å². The van der Waals surface area contributed by atoms with Gasteiger partial charge in [0.25, 0.3) is 0 Å². The summed E-state index contributed by atoms with van der Waals surface area (Å²) in [5.41, 5.74) is 13.2. The highest BCUT2D eigenvalue weighted by molar-refractivity contribution is 6.22. The van der Waals surface area contributed by atoms with Crippen molar-refractivity contribution in [3.63, 3.8) is 0 Å². The molecule has 0 aliphatic heterocycles.